The second-order valence-electron chi connectivity index (χ2n) is 7.12. The van der Waals surface area contributed by atoms with Gasteiger partial charge in [-0.25, -0.2) is 4.98 Å². The van der Waals surface area contributed by atoms with E-state index in [-0.39, 0.29) is 5.91 Å². The van der Waals surface area contributed by atoms with Crippen molar-refractivity contribution in [2.45, 2.75) is 27.3 Å². The Morgan fingerprint density at radius 2 is 2.10 bits per heavy atom. The molecule has 7 heteroatoms. The van der Waals surface area contributed by atoms with Gasteiger partial charge in [-0.05, 0) is 49.9 Å². The molecule has 0 fully saturated rings. The lowest BCUT2D eigenvalue weighted by atomic mass is 10.0. The first-order valence-corrected chi connectivity index (χ1v) is 10.3. The van der Waals surface area contributed by atoms with Crippen LogP contribution in [0.5, 0.6) is 11.5 Å². The molecule has 3 aromatic rings. The Labute approximate surface area is 174 Å². The van der Waals surface area contributed by atoms with E-state index in [0.717, 1.165) is 38.6 Å². The van der Waals surface area contributed by atoms with E-state index in [9.17, 15) is 4.79 Å². The highest BCUT2D eigenvalue weighted by Gasteiger charge is 2.26. The van der Waals surface area contributed by atoms with Gasteiger partial charge in [-0.2, -0.15) is 0 Å². The van der Waals surface area contributed by atoms with Gasteiger partial charge in [0.15, 0.2) is 11.5 Å². The standard InChI is InChI=1S/C22H23N3O3S/c1-13-5-8-29-21(13)22(26)25-6-7-28-20-17(12-25)9-16(10-18(20)27-4)19-15(3)23-11-14(2)24-19/h5,8-11H,6-7,12H2,1-4H3. The summed E-state index contributed by atoms with van der Waals surface area (Å²) in [5.74, 6) is 1.36. The van der Waals surface area contributed by atoms with Crippen molar-refractivity contribution in [1.29, 1.82) is 0 Å². The zero-order valence-corrected chi connectivity index (χ0v) is 17.8. The first-order valence-electron chi connectivity index (χ1n) is 9.45. The molecule has 4 rings (SSSR count). The number of aryl methyl sites for hydroxylation is 3. The van der Waals surface area contributed by atoms with Crippen LogP contribution in [0, 0.1) is 20.8 Å². The molecule has 0 bridgehead atoms. The first-order chi connectivity index (χ1) is 14.0. The topological polar surface area (TPSA) is 64.6 Å². The predicted octanol–water partition coefficient (Wildman–Crippen LogP) is 4.17. The average Bonchev–Trinajstić information content (AvgIpc) is 3.02. The normalized spacial score (nSPS) is 13.4. The molecule has 0 unspecified atom stereocenters. The summed E-state index contributed by atoms with van der Waals surface area (Å²) in [4.78, 5) is 24.8. The van der Waals surface area contributed by atoms with E-state index in [0.29, 0.717) is 31.2 Å². The fraction of sp³-hybridized carbons (Fsp3) is 0.318. The lowest BCUT2D eigenvalue weighted by molar-refractivity contribution is 0.0737. The molecule has 29 heavy (non-hydrogen) atoms. The molecule has 0 N–H and O–H groups in total. The van der Waals surface area contributed by atoms with Gasteiger partial charge < -0.3 is 14.4 Å². The number of thiophene rings is 1. The molecule has 0 radical (unpaired) electrons. The summed E-state index contributed by atoms with van der Waals surface area (Å²) in [5.41, 5.74) is 5.31. The molecular weight excluding hydrogens is 386 g/mol. The van der Waals surface area contributed by atoms with Gasteiger partial charge in [-0.1, -0.05) is 0 Å². The third-order valence-electron chi connectivity index (χ3n) is 5.01. The van der Waals surface area contributed by atoms with Gasteiger partial charge in [0.2, 0.25) is 0 Å². The van der Waals surface area contributed by atoms with Crippen LogP contribution in [0.15, 0.2) is 29.8 Å². The van der Waals surface area contributed by atoms with Crippen molar-refractivity contribution >= 4 is 17.2 Å². The predicted molar refractivity (Wildman–Crippen MR) is 113 cm³/mol. The van der Waals surface area contributed by atoms with Crippen LogP contribution in [0.25, 0.3) is 11.3 Å². The molecule has 1 aliphatic rings. The summed E-state index contributed by atoms with van der Waals surface area (Å²) in [6.07, 6.45) is 1.76. The largest absolute Gasteiger partial charge is 0.493 e. The zero-order chi connectivity index (χ0) is 20.5. The van der Waals surface area contributed by atoms with Crippen molar-refractivity contribution in [2.24, 2.45) is 0 Å². The minimum Gasteiger partial charge on any atom is -0.493 e. The number of hydrogen-bond acceptors (Lipinski definition) is 6. The number of ether oxygens (including phenoxy) is 2. The number of aromatic nitrogens is 2. The van der Waals surface area contributed by atoms with Gasteiger partial charge in [-0.15, -0.1) is 11.3 Å². The second-order valence-corrected chi connectivity index (χ2v) is 8.04. The number of methoxy groups -OCH3 is 1. The Hall–Kier alpha value is -2.93. The highest BCUT2D eigenvalue weighted by atomic mass is 32.1. The van der Waals surface area contributed by atoms with Crippen molar-refractivity contribution in [3.05, 3.63) is 57.2 Å². The van der Waals surface area contributed by atoms with E-state index >= 15 is 0 Å². The van der Waals surface area contributed by atoms with Crippen molar-refractivity contribution in [3.8, 4) is 22.8 Å². The Morgan fingerprint density at radius 1 is 1.28 bits per heavy atom. The fourth-order valence-corrected chi connectivity index (χ4v) is 4.38. The van der Waals surface area contributed by atoms with Crippen LogP contribution in [-0.2, 0) is 6.54 Å². The average molecular weight is 410 g/mol. The highest BCUT2D eigenvalue weighted by Crippen LogP contribution is 2.38. The number of amides is 1. The molecule has 0 saturated carbocycles. The summed E-state index contributed by atoms with van der Waals surface area (Å²) >= 11 is 1.48. The Balaban J connectivity index is 1.76. The van der Waals surface area contributed by atoms with E-state index < -0.39 is 0 Å². The van der Waals surface area contributed by atoms with E-state index in [4.69, 9.17) is 9.47 Å². The third kappa shape index (κ3) is 3.70. The van der Waals surface area contributed by atoms with E-state index in [1.807, 2.05) is 49.3 Å². The molecule has 2 aromatic heterocycles. The molecule has 1 aliphatic heterocycles. The van der Waals surface area contributed by atoms with Crippen LogP contribution >= 0.6 is 11.3 Å². The number of benzene rings is 1. The quantitative estimate of drug-likeness (QED) is 0.650. The highest BCUT2D eigenvalue weighted by molar-refractivity contribution is 7.12. The van der Waals surface area contributed by atoms with Gasteiger partial charge >= 0.3 is 0 Å². The fourth-order valence-electron chi connectivity index (χ4n) is 3.49. The minimum absolute atomic E-state index is 0.0323. The molecule has 0 aliphatic carbocycles. The number of carbonyl (C=O) groups excluding carboxylic acids is 1. The zero-order valence-electron chi connectivity index (χ0n) is 17.0. The molecule has 1 amide bonds. The van der Waals surface area contributed by atoms with Crippen LogP contribution in [0.2, 0.25) is 0 Å². The molecule has 6 nitrogen and oxygen atoms in total. The van der Waals surface area contributed by atoms with Crippen LogP contribution in [0.3, 0.4) is 0 Å². The monoisotopic (exact) mass is 409 g/mol. The molecule has 150 valence electrons. The van der Waals surface area contributed by atoms with E-state index in [1.54, 1.807) is 13.3 Å². The Morgan fingerprint density at radius 3 is 2.83 bits per heavy atom. The molecule has 0 saturated heterocycles. The number of rotatable bonds is 3. The molecule has 1 aromatic carbocycles. The van der Waals surface area contributed by atoms with Gasteiger partial charge in [0.1, 0.15) is 6.61 Å². The summed E-state index contributed by atoms with van der Waals surface area (Å²) in [5, 5.41) is 1.95. The Kier molecular flexibility index (Phi) is 5.24. The van der Waals surface area contributed by atoms with Gasteiger partial charge in [0, 0.05) is 23.9 Å². The minimum atomic E-state index is 0.0323. The SMILES string of the molecule is COc1cc(-c2nc(C)cnc2C)cc2c1OCCN(C(=O)c1sccc1C)C2. The Bertz CT molecular complexity index is 1080. The molecular formula is C22H23N3O3S. The van der Waals surface area contributed by atoms with E-state index in [2.05, 4.69) is 9.97 Å². The molecule has 0 atom stereocenters. The lowest BCUT2D eigenvalue weighted by Gasteiger charge is -2.20. The van der Waals surface area contributed by atoms with Crippen molar-refractivity contribution < 1.29 is 14.3 Å². The van der Waals surface area contributed by atoms with Crippen LogP contribution < -0.4 is 9.47 Å². The van der Waals surface area contributed by atoms with Crippen molar-refractivity contribution in [1.82, 2.24) is 14.9 Å². The van der Waals surface area contributed by atoms with Gasteiger partial charge in [0.05, 0.1) is 35.6 Å². The lowest BCUT2D eigenvalue weighted by Crippen LogP contribution is -2.32. The van der Waals surface area contributed by atoms with Crippen LogP contribution in [0.4, 0.5) is 0 Å². The van der Waals surface area contributed by atoms with Crippen LogP contribution in [0.1, 0.15) is 32.2 Å². The first kappa shape index (κ1) is 19.4. The summed E-state index contributed by atoms with van der Waals surface area (Å²) in [6.45, 7) is 7.21. The smallest absolute Gasteiger partial charge is 0.264 e. The number of hydrogen-bond donors (Lipinski definition) is 0. The van der Waals surface area contributed by atoms with Crippen LogP contribution in [-0.4, -0.2) is 41.0 Å². The summed E-state index contributed by atoms with van der Waals surface area (Å²) < 4.78 is 11.6. The van der Waals surface area contributed by atoms with Gasteiger partial charge in [0.25, 0.3) is 5.91 Å². The molecule has 0 spiro atoms. The van der Waals surface area contributed by atoms with E-state index in [1.165, 1.54) is 11.3 Å². The van der Waals surface area contributed by atoms with Gasteiger partial charge in [-0.3, -0.25) is 9.78 Å². The van der Waals surface area contributed by atoms with Crippen molar-refractivity contribution in [3.63, 3.8) is 0 Å². The number of carbonyl (C=O) groups is 1. The maximum atomic E-state index is 13.1. The summed E-state index contributed by atoms with van der Waals surface area (Å²) in [7, 11) is 1.63. The number of nitrogens with zero attached hydrogens (tertiary/aromatic N) is 3. The van der Waals surface area contributed by atoms with Crippen molar-refractivity contribution in [2.75, 3.05) is 20.3 Å². The number of fused-ring (bicyclic) bond motifs is 1. The maximum absolute atomic E-state index is 13.1. The third-order valence-corrected chi connectivity index (χ3v) is 6.02. The summed E-state index contributed by atoms with van der Waals surface area (Å²) in [6, 6.07) is 5.93. The second kappa shape index (κ2) is 7.83. The molecule has 3 heterocycles. The maximum Gasteiger partial charge on any atom is 0.264 e.